The van der Waals surface area contributed by atoms with Crippen LogP contribution >= 0.6 is 0 Å². The summed E-state index contributed by atoms with van der Waals surface area (Å²) in [6.07, 6.45) is -0.869. The SMILES string of the molecule is Cc1nc([C@@](C)(CC(=O)c2cc(OCC(F)(F)F)c(N3CC(F)(F)C3)cn2)CC2CC2)no1. The maximum atomic E-state index is 13.3. The maximum Gasteiger partial charge on any atom is 0.422 e. The number of aromatic nitrogens is 3. The van der Waals surface area contributed by atoms with Gasteiger partial charge in [-0.2, -0.15) is 18.2 Å². The molecule has 7 nitrogen and oxygen atoms in total. The van der Waals surface area contributed by atoms with Crippen molar-refractivity contribution < 1.29 is 36.0 Å². The number of carbonyl (C=O) groups excluding carboxylic acids is 1. The molecule has 33 heavy (non-hydrogen) atoms. The fraction of sp³-hybridized carbons (Fsp3) is 0.619. The van der Waals surface area contributed by atoms with Gasteiger partial charge in [0.2, 0.25) is 5.89 Å². The second kappa shape index (κ2) is 8.21. The standard InChI is InChI=1S/C21H23F5N4O3/c1-12-28-18(29-33-12)19(2,6-13-3-4-13)7-16(31)14-5-17(32-11-21(24,25)26)15(8-27-14)30-9-20(22,23)10-30/h5,8,13H,3-4,6-7,9-11H2,1-2H3/t19-/m1/s1. The van der Waals surface area contributed by atoms with E-state index in [1.807, 2.05) is 6.92 Å². The summed E-state index contributed by atoms with van der Waals surface area (Å²) >= 11 is 0. The first-order valence-electron chi connectivity index (χ1n) is 10.5. The molecule has 0 amide bonds. The fourth-order valence-electron chi connectivity index (χ4n) is 3.97. The van der Waals surface area contributed by atoms with E-state index in [1.165, 1.54) is 0 Å². The van der Waals surface area contributed by atoms with Crippen LogP contribution in [0.1, 0.15) is 54.8 Å². The van der Waals surface area contributed by atoms with Gasteiger partial charge in [0.15, 0.2) is 18.2 Å². The average molecular weight is 474 g/mol. The number of anilines is 1. The number of halogens is 5. The van der Waals surface area contributed by atoms with E-state index in [2.05, 4.69) is 15.1 Å². The zero-order valence-electron chi connectivity index (χ0n) is 18.1. The second-order valence-corrected chi connectivity index (χ2v) is 9.10. The van der Waals surface area contributed by atoms with E-state index in [1.54, 1.807) is 6.92 Å². The predicted molar refractivity (Wildman–Crippen MR) is 106 cm³/mol. The molecule has 0 aromatic carbocycles. The van der Waals surface area contributed by atoms with E-state index in [4.69, 9.17) is 9.26 Å². The molecule has 0 bridgehead atoms. The van der Waals surface area contributed by atoms with Crippen molar-refractivity contribution in [1.29, 1.82) is 0 Å². The number of Topliss-reactive ketones (excluding diaryl/α,β-unsaturated/α-hetero) is 1. The van der Waals surface area contributed by atoms with Crippen LogP contribution in [0.25, 0.3) is 0 Å². The van der Waals surface area contributed by atoms with E-state index >= 15 is 0 Å². The van der Waals surface area contributed by atoms with Crippen LogP contribution < -0.4 is 9.64 Å². The number of ether oxygens (including phenoxy) is 1. The number of hydrogen-bond acceptors (Lipinski definition) is 7. The maximum absolute atomic E-state index is 13.3. The summed E-state index contributed by atoms with van der Waals surface area (Å²) in [7, 11) is 0. The molecule has 1 atom stereocenters. The number of pyridine rings is 1. The molecule has 1 aliphatic heterocycles. The number of nitrogens with zero attached hydrogens (tertiary/aromatic N) is 4. The van der Waals surface area contributed by atoms with E-state index in [9.17, 15) is 26.7 Å². The van der Waals surface area contributed by atoms with Gasteiger partial charge < -0.3 is 14.2 Å². The van der Waals surface area contributed by atoms with Crippen LogP contribution in [0.15, 0.2) is 16.8 Å². The fourth-order valence-corrected chi connectivity index (χ4v) is 3.97. The van der Waals surface area contributed by atoms with E-state index < -0.39 is 43.0 Å². The van der Waals surface area contributed by atoms with Crippen molar-refractivity contribution in [2.75, 3.05) is 24.6 Å². The van der Waals surface area contributed by atoms with Gasteiger partial charge in [-0.3, -0.25) is 9.78 Å². The monoisotopic (exact) mass is 474 g/mol. The van der Waals surface area contributed by atoms with Gasteiger partial charge in [0.1, 0.15) is 11.4 Å². The Kier molecular flexibility index (Phi) is 5.81. The third kappa shape index (κ3) is 5.59. The third-order valence-corrected chi connectivity index (χ3v) is 5.76. The number of aryl methyl sites for hydroxylation is 1. The summed E-state index contributed by atoms with van der Waals surface area (Å²) in [6, 6.07) is 1.08. The van der Waals surface area contributed by atoms with Gasteiger partial charge in [-0.15, -0.1) is 0 Å². The zero-order chi connectivity index (χ0) is 24.0. The molecule has 2 fully saturated rings. The molecular weight excluding hydrogens is 451 g/mol. The van der Waals surface area contributed by atoms with Crippen LogP contribution in [-0.2, 0) is 5.41 Å². The molecule has 0 spiro atoms. The van der Waals surface area contributed by atoms with Gasteiger partial charge in [-0.25, -0.2) is 8.78 Å². The highest BCUT2D eigenvalue weighted by Crippen LogP contribution is 2.44. The van der Waals surface area contributed by atoms with Crippen molar-refractivity contribution >= 4 is 11.5 Å². The largest absolute Gasteiger partial charge is 0.482 e. The van der Waals surface area contributed by atoms with Crippen LogP contribution in [0.5, 0.6) is 5.75 Å². The molecule has 2 aromatic rings. The first-order chi connectivity index (χ1) is 15.3. The van der Waals surface area contributed by atoms with Crippen molar-refractivity contribution in [3.8, 4) is 5.75 Å². The molecular formula is C21H23F5N4O3. The highest BCUT2D eigenvalue weighted by Gasteiger charge is 2.45. The number of rotatable bonds is 9. The topological polar surface area (TPSA) is 81.4 Å². The second-order valence-electron chi connectivity index (χ2n) is 9.10. The number of alkyl halides is 5. The van der Waals surface area contributed by atoms with E-state index in [0.717, 1.165) is 30.0 Å². The smallest absolute Gasteiger partial charge is 0.422 e. The lowest BCUT2D eigenvalue weighted by molar-refractivity contribution is -0.153. The molecule has 2 aromatic heterocycles. The molecule has 2 aliphatic rings. The van der Waals surface area contributed by atoms with Crippen LogP contribution in [0, 0.1) is 12.8 Å². The highest BCUT2D eigenvalue weighted by molar-refractivity contribution is 5.96. The summed E-state index contributed by atoms with van der Waals surface area (Å²) in [6.45, 7) is 0.524. The molecule has 1 saturated carbocycles. The Balaban J connectivity index is 1.58. The highest BCUT2D eigenvalue weighted by atomic mass is 19.4. The molecule has 0 unspecified atom stereocenters. The van der Waals surface area contributed by atoms with Crippen molar-refractivity contribution in [2.24, 2.45) is 5.92 Å². The van der Waals surface area contributed by atoms with Gasteiger partial charge in [0, 0.05) is 24.8 Å². The van der Waals surface area contributed by atoms with Gasteiger partial charge in [0.05, 0.1) is 25.0 Å². The minimum absolute atomic E-state index is 0.0174. The summed E-state index contributed by atoms with van der Waals surface area (Å²) in [4.78, 5) is 22.6. The molecule has 3 heterocycles. The van der Waals surface area contributed by atoms with E-state index in [0.29, 0.717) is 24.1 Å². The predicted octanol–water partition coefficient (Wildman–Crippen LogP) is 4.50. The lowest BCUT2D eigenvalue weighted by Gasteiger charge is -2.40. The summed E-state index contributed by atoms with van der Waals surface area (Å²) in [5.74, 6) is -2.54. The summed E-state index contributed by atoms with van der Waals surface area (Å²) in [5.41, 5.74) is -0.884. The third-order valence-electron chi connectivity index (χ3n) is 5.76. The number of ketones is 1. The Labute approximate surface area is 186 Å². The van der Waals surface area contributed by atoms with Crippen LogP contribution in [-0.4, -0.2) is 52.7 Å². The average Bonchev–Trinajstić information content (AvgIpc) is 3.39. The van der Waals surface area contributed by atoms with Crippen LogP contribution in [0.3, 0.4) is 0 Å². The molecule has 12 heteroatoms. The Hall–Kier alpha value is -2.79. The Bertz CT molecular complexity index is 1030. The Morgan fingerprint density at radius 2 is 2.00 bits per heavy atom. The lowest BCUT2D eigenvalue weighted by Crippen LogP contribution is -2.56. The molecule has 4 rings (SSSR count). The Morgan fingerprint density at radius 1 is 1.30 bits per heavy atom. The first kappa shape index (κ1) is 23.4. The van der Waals surface area contributed by atoms with Crippen molar-refractivity contribution in [2.45, 2.75) is 57.0 Å². The van der Waals surface area contributed by atoms with Crippen LogP contribution in [0.2, 0.25) is 0 Å². The van der Waals surface area contributed by atoms with Gasteiger partial charge in [-0.05, 0) is 12.3 Å². The van der Waals surface area contributed by atoms with Gasteiger partial charge in [-0.1, -0.05) is 24.9 Å². The van der Waals surface area contributed by atoms with Gasteiger partial charge in [0.25, 0.3) is 5.92 Å². The van der Waals surface area contributed by atoms with Crippen molar-refractivity contribution in [3.63, 3.8) is 0 Å². The minimum atomic E-state index is -4.64. The normalized spacial score (nSPS) is 19.7. The molecule has 0 N–H and O–H groups in total. The van der Waals surface area contributed by atoms with E-state index in [-0.39, 0.29) is 23.6 Å². The molecule has 1 aliphatic carbocycles. The molecule has 180 valence electrons. The number of carbonyl (C=O) groups is 1. The van der Waals surface area contributed by atoms with Crippen molar-refractivity contribution in [3.05, 3.63) is 29.7 Å². The molecule has 0 radical (unpaired) electrons. The molecule has 1 saturated heterocycles. The quantitative estimate of drug-likeness (QED) is 0.391. The zero-order valence-corrected chi connectivity index (χ0v) is 18.1. The summed E-state index contributed by atoms with van der Waals surface area (Å²) < 4.78 is 74.7. The minimum Gasteiger partial charge on any atom is -0.482 e. The van der Waals surface area contributed by atoms with Crippen molar-refractivity contribution in [1.82, 2.24) is 15.1 Å². The lowest BCUT2D eigenvalue weighted by atomic mass is 9.78. The first-order valence-corrected chi connectivity index (χ1v) is 10.5. The van der Waals surface area contributed by atoms with Crippen LogP contribution in [0.4, 0.5) is 27.6 Å². The van der Waals surface area contributed by atoms with Gasteiger partial charge >= 0.3 is 6.18 Å². The number of hydrogen-bond donors (Lipinski definition) is 0. The summed E-state index contributed by atoms with van der Waals surface area (Å²) in [5, 5.41) is 3.97. The Morgan fingerprint density at radius 3 is 2.55 bits per heavy atom.